The Morgan fingerprint density at radius 1 is 0.707 bits per heavy atom. The molecule has 194 valence electrons. The number of nitriles is 2. The maximum atomic E-state index is 9.25. The number of rotatable bonds is 4. The number of anilines is 3. The molecule has 1 aliphatic rings. The van der Waals surface area contributed by atoms with E-state index in [1.807, 2.05) is 12.1 Å². The SMILES string of the molecule is CC1(C)c2cc(N(c3ccc4ccccc4c3)c3cccc4ccccc34)ccc2-c2sc(C=C(C#N)C#N)cc21. The third kappa shape index (κ3) is 4.01. The summed E-state index contributed by atoms with van der Waals surface area (Å²) in [5.74, 6) is 0. The van der Waals surface area contributed by atoms with Gasteiger partial charge in [-0.15, -0.1) is 11.3 Å². The lowest BCUT2D eigenvalue weighted by Gasteiger charge is -2.29. The molecule has 0 saturated heterocycles. The Balaban J connectivity index is 1.42. The van der Waals surface area contributed by atoms with E-state index in [9.17, 15) is 10.5 Å². The van der Waals surface area contributed by atoms with Crippen LogP contribution in [0.3, 0.4) is 0 Å². The molecule has 7 rings (SSSR count). The average Bonchev–Trinajstić information content (AvgIpc) is 3.52. The summed E-state index contributed by atoms with van der Waals surface area (Å²) in [6, 6.07) is 43.1. The number of allylic oxidation sites excluding steroid dienone is 1. The van der Waals surface area contributed by atoms with Crippen LogP contribution < -0.4 is 4.90 Å². The highest BCUT2D eigenvalue weighted by atomic mass is 32.1. The van der Waals surface area contributed by atoms with Gasteiger partial charge < -0.3 is 4.90 Å². The Bertz CT molecular complexity index is 2100. The summed E-state index contributed by atoms with van der Waals surface area (Å²) in [6.45, 7) is 4.52. The lowest BCUT2D eigenvalue weighted by Crippen LogP contribution is -2.16. The van der Waals surface area contributed by atoms with Crippen LogP contribution >= 0.6 is 11.3 Å². The van der Waals surface area contributed by atoms with E-state index in [0.29, 0.717) is 0 Å². The zero-order valence-corrected chi connectivity index (χ0v) is 23.5. The van der Waals surface area contributed by atoms with Gasteiger partial charge in [0.2, 0.25) is 0 Å². The molecule has 0 aliphatic heterocycles. The summed E-state index contributed by atoms with van der Waals surface area (Å²) in [4.78, 5) is 4.52. The first kappa shape index (κ1) is 24.9. The van der Waals surface area contributed by atoms with Crippen LogP contribution in [-0.4, -0.2) is 0 Å². The lowest BCUT2D eigenvalue weighted by atomic mass is 9.82. The smallest absolute Gasteiger partial charge is 0.131 e. The van der Waals surface area contributed by atoms with Crippen molar-refractivity contribution in [2.75, 3.05) is 4.90 Å². The van der Waals surface area contributed by atoms with Gasteiger partial charge >= 0.3 is 0 Å². The highest BCUT2D eigenvalue weighted by molar-refractivity contribution is 7.16. The van der Waals surface area contributed by atoms with Gasteiger partial charge in [0, 0.05) is 31.9 Å². The molecule has 4 heteroatoms. The maximum absolute atomic E-state index is 9.25. The van der Waals surface area contributed by atoms with Gasteiger partial charge in [0.25, 0.3) is 0 Å². The Morgan fingerprint density at radius 2 is 1.39 bits per heavy atom. The van der Waals surface area contributed by atoms with Gasteiger partial charge in [0.15, 0.2) is 0 Å². The monoisotopic (exact) mass is 543 g/mol. The van der Waals surface area contributed by atoms with E-state index >= 15 is 0 Å². The number of benzene rings is 5. The number of hydrogen-bond acceptors (Lipinski definition) is 4. The minimum Gasteiger partial charge on any atom is -0.310 e. The Hall–Kier alpha value is -5.16. The van der Waals surface area contributed by atoms with Crippen molar-refractivity contribution >= 4 is 56.0 Å². The largest absolute Gasteiger partial charge is 0.310 e. The maximum Gasteiger partial charge on any atom is 0.131 e. The van der Waals surface area contributed by atoms with Crippen LogP contribution in [0.25, 0.3) is 38.1 Å². The summed E-state index contributed by atoms with van der Waals surface area (Å²) >= 11 is 1.64. The van der Waals surface area contributed by atoms with Crippen molar-refractivity contribution in [1.29, 1.82) is 10.5 Å². The molecule has 0 atom stereocenters. The van der Waals surface area contributed by atoms with E-state index in [-0.39, 0.29) is 11.0 Å². The van der Waals surface area contributed by atoms with E-state index in [0.717, 1.165) is 21.9 Å². The number of nitrogens with zero attached hydrogens (tertiary/aromatic N) is 3. The fourth-order valence-electron chi connectivity index (χ4n) is 6.06. The van der Waals surface area contributed by atoms with Gasteiger partial charge in [-0.1, -0.05) is 86.6 Å². The highest BCUT2D eigenvalue weighted by Gasteiger charge is 2.38. The molecule has 6 aromatic rings. The zero-order chi connectivity index (χ0) is 28.1. The summed E-state index contributed by atoms with van der Waals surface area (Å²) in [5, 5.41) is 23.3. The quantitative estimate of drug-likeness (QED) is 0.208. The summed E-state index contributed by atoms with van der Waals surface area (Å²) in [6.07, 6.45) is 1.69. The van der Waals surface area contributed by atoms with Crippen molar-refractivity contribution in [3.05, 3.63) is 131 Å². The molecule has 0 N–H and O–H groups in total. The predicted octanol–water partition coefficient (Wildman–Crippen LogP) is 10.3. The van der Waals surface area contributed by atoms with Crippen molar-refractivity contribution in [1.82, 2.24) is 0 Å². The fourth-order valence-corrected chi connectivity index (χ4v) is 7.36. The van der Waals surface area contributed by atoms with Gasteiger partial charge in [-0.2, -0.15) is 10.5 Å². The predicted molar refractivity (Wildman–Crippen MR) is 171 cm³/mol. The van der Waals surface area contributed by atoms with Gasteiger partial charge in [-0.25, -0.2) is 0 Å². The molecule has 0 spiro atoms. The topological polar surface area (TPSA) is 50.8 Å². The van der Waals surface area contributed by atoms with E-state index in [1.165, 1.54) is 43.1 Å². The minimum absolute atomic E-state index is 0.124. The van der Waals surface area contributed by atoms with Crippen molar-refractivity contribution in [2.24, 2.45) is 0 Å². The van der Waals surface area contributed by atoms with Gasteiger partial charge in [0.1, 0.15) is 17.7 Å². The number of thiophene rings is 1. The fraction of sp³-hybridized carbons (Fsp3) is 0.0811. The Morgan fingerprint density at radius 3 is 2.20 bits per heavy atom. The van der Waals surface area contributed by atoms with Crippen molar-refractivity contribution in [3.63, 3.8) is 0 Å². The lowest BCUT2D eigenvalue weighted by molar-refractivity contribution is 0.662. The average molecular weight is 544 g/mol. The molecule has 0 bridgehead atoms. The molecule has 1 heterocycles. The molecule has 1 aliphatic carbocycles. The van der Waals surface area contributed by atoms with Crippen LogP contribution in [0.1, 0.15) is 29.9 Å². The minimum atomic E-state index is -0.226. The van der Waals surface area contributed by atoms with Crippen LogP contribution in [0.15, 0.2) is 115 Å². The van der Waals surface area contributed by atoms with Crippen LogP contribution in [0, 0.1) is 22.7 Å². The third-order valence-corrected chi connectivity index (χ3v) is 9.25. The van der Waals surface area contributed by atoms with Crippen LogP contribution in [-0.2, 0) is 5.41 Å². The molecule has 0 saturated carbocycles. The second kappa shape index (κ2) is 9.49. The first-order chi connectivity index (χ1) is 20.0. The second-order valence-corrected chi connectivity index (χ2v) is 12.0. The van der Waals surface area contributed by atoms with Crippen molar-refractivity contribution < 1.29 is 0 Å². The van der Waals surface area contributed by atoms with Crippen molar-refractivity contribution in [2.45, 2.75) is 19.3 Å². The standard InChI is InChI=1S/C37H25N3S/c1-37(2)33-20-29(16-17-32(33)36-34(37)21-30(41-36)18-24(22-38)23-39)40(28-15-14-25-8-3-4-10-27(25)19-28)35-13-7-11-26-9-5-6-12-31(26)35/h3-21H,1-2H3. The van der Waals surface area contributed by atoms with Crippen molar-refractivity contribution in [3.8, 4) is 22.6 Å². The molecule has 1 aromatic heterocycles. The molecule has 0 radical (unpaired) electrons. The second-order valence-electron chi connectivity index (χ2n) is 10.9. The van der Waals surface area contributed by atoms with E-state index in [2.05, 4.69) is 128 Å². The third-order valence-electron chi connectivity index (χ3n) is 8.13. The van der Waals surface area contributed by atoms with Gasteiger partial charge in [0.05, 0.1) is 5.69 Å². The molecular formula is C37H25N3S. The molecule has 3 nitrogen and oxygen atoms in total. The molecular weight excluding hydrogens is 518 g/mol. The van der Waals surface area contributed by atoms with Crippen LogP contribution in [0.5, 0.6) is 0 Å². The number of hydrogen-bond donors (Lipinski definition) is 0. The van der Waals surface area contributed by atoms with E-state index in [1.54, 1.807) is 17.4 Å². The van der Waals surface area contributed by atoms with Crippen LogP contribution in [0.4, 0.5) is 17.1 Å². The van der Waals surface area contributed by atoms with Crippen LogP contribution in [0.2, 0.25) is 0 Å². The molecule has 5 aromatic carbocycles. The normalized spacial score (nSPS) is 12.8. The Kier molecular flexibility index (Phi) is 5.75. The first-order valence-electron chi connectivity index (χ1n) is 13.6. The highest BCUT2D eigenvalue weighted by Crippen LogP contribution is 2.54. The summed E-state index contributed by atoms with van der Waals surface area (Å²) < 4.78 is 0. The Labute approximate surface area is 243 Å². The zero-order valence-electron chi connectivity index (χ0n) is 22.7. The summed E-state index contributed by atoms with van der Waals surface area (Å²) in [7, 11) is 0. The molecule has 0 amide bonds. The van der Waals surface area contributed by atoms with E-state index < -0.39 is 0 Å². The molecule has 0 fully saturated rings. The number of fused-ring (bicyclic) bond motifs is 5. The van der Waals surface area contributed by atoms with E-state index in [4.69, 9.17) is 0 Å². The molecule has 41 heavy (non-hydrogen) atoms. The molecule has 0 unspecified atom stereocenters. The summed E-state index contributed by atoms with van der Waals surface area (Å²) in [5.41, 5.74) is 6.98. The van der Waals surface area contributed by atoms with Gasteiger partial charge in [-0.05, 0) is 75.3 Å². The van der Waals surface area contributed by atoms with Gasteiger partial charge in [-0.3, -0.25) is 0 Å². The first-order valence-corrected chi connectivity index (χ1v) is 14.4.